The van der Waals surface area contributed by atoms with Crippen LogP contribution in [-0.2, 0) is 4.79 Å². The number of nitrogens with two attached hydrogens (primary N) is 1. The molecule has 0 heterocycles. The van der Waals surface area contributed by atoms with Crippen molar-refractivity contribution in [1.82, 2.24) is 5.32 Å². The first-order valence-corrected chi connectivity index (χ1v) is 5.42. The molecular formula is C12H18N2O2. The van der Waals surface area contributed by atoms with Crippen molar-refractivity contribution in [2.45, 2.75) is 18.9 Å². The number of rotatable bonds is 6. The van der Waals surface area contributed by atoms with E-state index in [4.69, 9.17) is 10.8 Å². The fourth-order valence-corrected chi connectivity index (χ4v) is 1.40. The maximum atomic E-state index is 11.4. The Labute approximate surface area is 95.5 Å². The van der Waals surface area contributed by atoms with E-state index in [-0.39, 0.29) is 25.0 Å². The average Bonchev–Trinajstić information content (AvgIpc) is 2.30. The molecule has 0 aromatic heterocycles. The summed E-state index contributed by atoms with van der Waals surface area (Å²) >= 11 is 0. The highest BCUT2D eigenvalue weighted by molar-refractivity contribution is 5.76. The van der Waals surface area contributed by atoms with E-state index in [1.54, 1.807) is 0 Å². The van der Waals surface area contributed by atoms with Crippen LogP contribution in [0.2, 0.25) is 0 Å². The first kappa shape index (κ1) is 12.7. The van der Waals surface area contributed by atoms with Crippen LogP contribution in [0.15, 0.2) is 30.3 Å². The third-order valence-electron chi connectivity index (χ3n) is 2.29. The van der Waals surface area contributed by atoms with Crippen LogP contribution in [-0.4, -0.2) is 24.2 Å². The Hall–Kier alpha value is -1.39. The third kappa shape index (κ3) is 4.42. The highest BCUT2D eigenvalue weighted by Crippen LogP contribution is 2.12. The van der Waals surface area contributed by atoms with E-state index in [2.05, 4.69) is 5.32 Å². The number of amides is 1. The van der Waals surface area contributed by atoms with E-state index >= 15 is 0 Å². The lowest BCUT2D eigenvalue weighted by molar-refractivity contribution is -0.121. The van der Waals surface area contributed by atoms with Crippen LogP contribution in [0.3, 0.4) is 0 Å². The predicted octanol–water partition coefficient (Wildman–Crippen LogP) is 0.575. The Morgan fingerprint density at radius 2 is 2.06 bits per heavy atom. The summed E-state index contributed by atoms with van der Waals surface area (Å²) in [6.07, 6.45) is 0.849. The fraction of sp³-hybridized carbons (Fsp3) is 0.417. The van der Waals surface area contributed by atoms with Gasteiger partial charge in [0.2, 0.25) is 5.91 Å². The highest BCUT2D eigenvalue weighted by Gasteiger charge is 2.10. The van der Waals surface area contributed by atoms with Gasteiger partial charge in [-0.25, -0.2) is 0 Å². The molecule has 4 nitrogen and oxygen atoms in total. The smallest absolute Gasteiger partial charge is 0.221 e. The molecule has 0 aliphatic carbocycles. The van der Waals surface area contributed by atoms with Crippen LogP contribution in [0.25, 0.3) is 0 Å². The molecule has 1 unspecified atom stereocenters. The molecule has 0 saturated carbocycles. The number of hydrogen-bond acceptors (Lipinski definition) is 3. The van der Waals surface area contributed by atoms with Gasteiger partial charge in [-0.15, -0.1) is 0 Å². The molecule has 88 valence electrons. The van der Waals surface area contributed by atoms with Gasteiger partial charge in [0.05, 0.1) is 0 Å². The van der Waals surface area contributed by atoms with Gasteiger partial charge in [-0.05, 0) is 12.0 Å². The molecule has 4 N–H and O–H groups in total. The number of hydrogen-bond donors (Lipinski definition) is 3. The molecule has 0 aliphatic rings. The number of benzene rings is 1. The monoisotopic (exact) mass is 222 g/mol. The molecule has 16 heavy (non-hydrogen) atoms. The zero-order valence-corrected chi connectivity index (χ0v) is 9.23. The quantitative estimate of drug-likeness (QED) is 0.616. The summed E-state index contributed by atoms with van der Waals surface area (Å²) < 4.78 is 0. The Bertz CT molecular complexity index is 314. The Kier molecular flexibility index (Phi) is 5.53. The molecule has 1 rings (SSSR count). The van der Waals surface area contributed by atoms with Crippen LogP contribution < -0.4 is 11.1 Å². The number of aliphatic hydroxyl groups is 1. The standard InChI is InChI=1S/C12H18N2O2/c13-11(10-5-2-1-3-6-10)9-12(16)14-7-4-8-15/h1-3,5-6,11,15H,4,7-9,13H2,(H,14,16). The summed E-state index contributed by atoms with van der Waals surface area (Å²) in [5.74, 6) is -0.0789. The summed E-state index contributed by atoms with van der Waals surface area (Å²) in [5.41, 5.74) is 6.85. The second kappa shape index (κ2) is 6.98. The minimum absolute atomic E-state index is 0.0789. The van der Waals surface area contributed by atoms with Crippen molar-refractivity contribution in [3.05, 3.63) is 35.9 Å². The minimum atomic E-state index is -0.268. The van der Waals surface area contributed by atoms with Crippen LogP contribution in [0.4, 0.5) is 0 Å². The normalized spacial score (nSPS) is 12.1. The second-order valence-corrected chi connectivity index (χ2v) is 3.65. The summed E-state index contributed by atoms with van der Waals surface area (Å²) in [4.78, 5) is 11.4. The van der Waals surface area contributed by atoms with Crippen molar-refractivity contribution in [2.75, 3.05) is 13.2 Å². The fourth-order valence-electron chi connectivity index (χ4n) is 1.40. The summed E-state index contributed by atoms with van der Waals surface area (Å²) in [6, 6.07) is 9.27. The summed E-state index contributed by atoms with van der Waals surface area (Å²) in [6.45, 7) is 0.585. The molecule has 0 fully saturated rings. The van der Waals surface area contributed by atoms with Gasteiger partial charge in [-0.2, -0.15) is 0 Å². The van der Waals surface area contributed by atoms with Crippen LogP contribution in [0.5, 0.6) is 0 Å². The van der Waals surface area contributed by atoms with Gasteiger partial charge in [0.25, 0.3) is 0 Å². The second-order valence-electron chi connectivity index (χ2n) is 3.65. The third-order valence-corrected chi connectivity index (χ3v) is 2.29. The molecule has 1 amide bonds. The van der Waals surface area contributed by atoms with Crippen LogP contribution in [0.1, 0.15) is 24.4 Å². The van der Waals surface area contributed by atoms with Crippen LogP contribution in [0, 0.1) is 0 Å². The molecule has 0 spiro atoms. The van der Waals surface area contributed by atoms with Gasteiger partial charge in [-0.1, -0.05) is 30.3 Å². The average molecular weight is 222 g/mol. The topological polar surface area (TPSA) is 75.4 Å². The van der Waals surface area contributed by atoms with Crippen molar-refractivity contribution in [2.24, 2.45) is 5.73 Å². The number of aliphatic hydroxyl groups excluding tert-OH is 1. The first-order valence-electron chi connectivity index (χ1n) is 5.42. The molecule has 1 aromatic carbocycles. The SMILES string of the molecule is NC(CC(=O)NCCCO)c1ccccc1. The van der Waals surface area contributed by atoms with Gasteiger partial charge < -0.3 is 16.2 Å². The zero-order chi connectivity index (χ0) is 11.8. The molecule has 4 heteroatoms. The molecule has 0 saturated heterocycles. The highest BCUT2D eigenvalue weighted by atomic mass is 16.3. The van der Waals surface area contributed by atoms with E-state index in [1.807, 2.05) is 30.3 Å². The summed E-state index contributed by atoms with van der Waals surface area (Å²) in [7, 11) is 0. The zero-order valence-electron chi connectivity index (χ0n) is 9.23. The molecule has 0 aliphatic heterocycles. The maximum absolute atomic E-state index is 11.4. The van der Waals surface area contributed by atoms with Crippen molar-refractivity contribution in [3.8, 4) is 0 Å². The van der Waals surface area contributed by atoms with E-state index in [1.165, 1.54) is 0 Å². The molecule has 1 atom stereocenters. The van der Waals surface area contributed by atoms with Gasteiger partial charge in [0.1, 0.15) is 0 Å². The van der Waals surface area contributed by atoms with Gasteiger partial charge in [0, 0.05) is 25.6 Å². The van der Waals surface area contributed by atoms with Gasteiger partial charge >= 0.3 is 0 Å². The molecule has 0 radical (unpaired) electrons. The minimum Gasteiger partial charge on any atom is -0.396 e. The van der Waals surface area contributed by atoms with E-state index in [9.17, 15) is 4.79 Å². The molecular weight excluding hydrogens is 204 g/mol. The van der Waals surface area contributed by atoms with Gasteiger partial charge in [0.15, 0.2) is 0 Å². The molecule has 1 aromatic rings. The van der Waals surface area contributed by atoms with Crippen molar-refractivity contribution >= 4 is 5.91 Å². The van der Waals surface area contributed by atoms with E-state index < -0.39 is 0 Å². The Morgan fingerprint density at radius 1 is 1.38 bits per heavy atom. The van der Waals surface area contributed by atoms with Crippen molar-refractivity contribution < 1.29 is 9.90 Å². The predicted molar refractivity (Wildman–Crippen MR) is 62.7 cm³/mol. The molecule has 0 bridgehead atoms. The summed E-state index contributed by atoms with van der Waals surface area (Å²) in [5, 5.41) is 11.3. The Balaban J connectivity index is 2.34. The number of carbonyl (C=O) groups is 1. The lowest BCUT2D eigenvalue weighted by Crippen LogP contribution is -2.28. The van der Waals surface area contributed by atoms with E-state index in [0.717, 1.165) is 5.56 Å². The lowest BCUT2D eigenvalue weighted by atomic mass is 10.0. The van der Waals surface area contributed by atoms with Crippen molar-refractivity contribution in [3.63, 3.8) is 0 Å². The van der Waals surface area contributed by atoms with E-state index in [0.29, 0.717) is 13.0 Å². The number of carbonyl (C=O) groups excluding carboxylic acids is 1. The van der Waals surface area contributed by atoms with Crippen molar-refractivity contribution in [1.29, 1.82) is 0 Å². The van der Waals surface area contributed by atoms with Crippen LogP contribution >= 0.6 is 0 Å². The lowest BCUT2D eigenvalue weighted by Gasteiger charge is -2.11. The van der Waals surface area contributed by atoms with Gasteiger partial charge in [-0.3, -0.25) is 4.79 Å². The largest absolute Gasteiger partial charge is 0.396 e. The number of nitrogens with one attached hydrogen (secondary N) is 1. The maximum Gasteiger partial charge on any atom is 0.221 e. The Morgan fingerprint density at radius 3 is 2.69 bits per heavy atom. The first-order chi connectivity index (χ1) is 7.74.